The first-order valence-electron chi connectivity index (χ1n) is 22.5. The van der Waals surface area contributed by atoms with Crippen LogP contribution in [0, 0.1) is 0 Å². The Morgan fingerprint density at radius 3 is 1.45 bits per heavy atom. The van der Waals surface area contributed by atoms with Crippen LogP contribution in [0.25, 0.3) is 22.8 Å². The van der Waals surface area contributed by atoms with Gasteiger partial charge in [0.2, 0.25) is 29.3 Å². The summed E-state index contributed by atoms with van der Waals surface area (Å²) in [6.07, 6.45) is 3.48. The van der Waals surface area contributed by atoms with E-state index in [-0.39, 0.29) is 23.6 Å². The molecule has 4 aromatic carbocycles. The van der Waals surface area contributed by atoms with Gasteiger partial charge >= 0.3 is 5.97 Å². The second-order valence-corrected chi connectivity index (χ2v) is 16.1. The SMILES string of the molecule is CC(NC(=O)c1ccccc1)C(=O)O.COc1ccc(-c2noc(C3CCN(C(=O)C(C)NC(=O)c4ccccc4)CC3)n2)cc1OC.COc1ccc(-c2noc(C3CCNCC3)n2)cc1OC. The van der Waals surface area contributed by atoms with Gasteiger partial charge < -0.3 is 54.0 Å². The van der Waals surface area contributed by atoms with Crippen LogP contribution in [0.4, 0.5) is 0 Å². The summed E-state index contributed by atoms with van der Waals surface area (Å²) in [5.74, 6) is 3.55. The first-order chi connectivity index (χ1) is 33.4. The smallest absolute Gasteiger partial charge is 0.325 e. The molecule has 0 saturated carbocycles. The van der Waals surface area contributed by atoms with Crippen LogP contribution in [0.15, 0.2) is 106 Å². The molecule has 2 unspecified atom stereocenters. The first-order valence-corrected chi connectivity index (χ1v) is 22.5. The van der Waals surface area contributed by atoms with Crippen molar-refractivity contribution in [2.45, 2.75) is 63.5 Å². The molecule has 2 fully saturated rings. The second kappa shape index (κ2) is 24.8. The Morgan fingerprint density at radius 1 is 0.609 bits per heavy atom. The van der Waals surface area contributed by atoms with Gasteiger partial charge in [0.1, 0.15) is 12.1 Å². The molecule has 2 aromatic heterocycles. The van der Waals surface area contributed by atoms with E-state index in [0.29, 0.717) is 83.5 Å². The minimum atomic E-state index is -1.05. The maximum absolute atomic E-state index is 12.8. The van der Waals surface area contributed by atoms with Crippen molar-refractivity contribution < 1.29 is 52.3 Å². The highest BCUT2D eigenvalue weighted by atomic mass is 16.5. The molecule has 2 aliphatic heterocycles. The van der Waals surface area contributed by atoms with Gasteiger partial charge in [-0.2, -0.15) is 9.97 Å². The van der Waals surface area contributed by atoms with E-state index in [4.69, 9.17) is 33.1 Å². The Bertz CT molecular complexity index is 2610. The number of carboxylic acid groups (broad SMARTS) is 1. The largest absolute Gasteiger partial charge is 0.493 e. The van der Waals surface area contributed by atoms with Crippen molar-refractivity contribution >= 4 is 23.7 Å². The third-order valence-electron chi connectivity index (χ3n) is 11.5. The Hall–Kier alpha value is -7.80. The van der Waals surface area contributed by atoms with E-state index in [2.05, 4.69) is 36.2 Å². The van der Waals surface area contributed by atoms with Crippen molar-refractivity contribution in [3.63, 3.8) is 0 Å². The molecule has 0 spiro atoms. The number of hydrogen-bond acceptors (Lipinski definition) is 15. The highest BCUT2D eigenvalue weighted by molar-refractivity contribution is 5.97. The van der Waals surface area contributed by atoms with Crippen molar-refractivity contribution in [3.05, 3.63) is 120 Å². The number of rotatable bonds is 14. The van der Waals surface area contributed by atoms with Crippen LogP contribution in [0.5, 0.6) is 23.0 Å². The molecule has 0 bridgehead atoms. The van der Waals surface area contributed by atoms with E-state index < -0.39 is 18.1 Å². The van der Waals surface area contributed by atoms with Crippen LogP contribution in [-0.2, 0) is 9.59 Å². The summed E-state index contributed by atoms with van der Waals surface area (Å²) in [6, 6.07) is 26.9. The lowest BCUT2D eigenvalue weighted by Gasteiger charge is -2.32. The molecule has 3 amide bonds. The first kappa shape index (κ1) is 50.6. The summed E-state index contributed by atoms with van der Waals surface area (Å²) < 4.78 is 32.1. The predicted octanol–water partition coefficient (Wildman–Crippen LogP) is 6.39. The summed E-state index contributed by atoms with van der Waals surface area (Å²) >= 11 is 0. The molecule has 6 aromatic rings. The van der Waals surface area contributed by atoms with Gasteiger partial charge in [-0.3, -0.25) is 19.2 Å². The summed E-state index contributed by atoms with van der Waals surface area (Å²) in [5.41, 5.74) is 2.61. The van der Waals surface area contributed by atoms with E-state index in [9.17, 15) is 19.2 Å². The van der Waals surface area contributed by atoms with Gasteiger partial charge in [-0.15, -0.1) is 0 Å². The van der Waals surface area contributed by atoms with Gasteiger partial charge in [-0.05, 0) is 113 Å². The number of nitrogens with zero attached hydrogens (tertiary/aromatic N) is 5. The molecule has 364 valence electrons. The summed E-state index contributed by atoms with van der Waals surface area (Å²) in [5, 5.41) is 25.3. The molecule has 0 aliphatic carbocycles. The van der Waals surface area contributed by atoms with Crippen LogP contribution in [-0.4, -0.2) is 121 Å². The number of amides is 3. The Kier molecular flexibility index (Phi) is 18.2. The zero-order valence-corrected chi connectivity index (χ0v) is 39.5. The Balaban J connectivity index is 0.000000189. The Labute approximate surface area is 399 Å². The molecule has 69 heavy (non-hydrogen) atoms. The molecule has 4 heterocycles. The Morgan fingerprint density at radius 2 is 1.03 bits per heavy atom. The lowest BCUT2D eigenvalue weighted by Crippen LogP contribution is -2.49. The highest BCUT2D eigenvalue weighted by Gasteiger charge is 2.30. The predicted molar refractivity (Wildman–Crippen MR) is 253 cm³/mol. The zero-order chi connectivity index (χ0) is 49.3. The second-order valence-electron chi connectivity index (χ2n) is 16.1. The van der Waals surface area contributed by atoms with Crippen LogP contribution in [0.2, 0.25) is 0 Å². The maximum Gasteiger partial charge on any atom is 0.325 e. The van der Waals surface area contributed by atoms with Crippen LogP contribution in [0.3, 0.4) is 0 Å². The fourth-order valence-corrected chi connectivity index (χ4v) is 7.54. The van der Waals surface area contributed by atoms with Crippen molar-refractivity contribution in [1.29, 1.82) is 0 Å². The van der Waals surface area contributed by atoms with Gasteiger partial charge in [-0.25, -0.2) is 0 Å². The fraction of sp³-hybridized carbons (Fsp3) is 0.360. The minimum Gasteiger partial charge on any atom is -0.493 e. The lowest BCUT2D eigenvalue weighted by atomic mass is 9.96. The normalized spacial score (nSPS) is 14.6. The molecular weight excluding hydrogens is 889 g/mol. The quantitative estimate of drug-likeness (QED) is 0.0925. The number of aromatic nitrogens is 4. The van der Waals surface area contributed by atoms with E-state index in [1.54, 1.807) is 107 Å². The number of nitrogens with one attached hydrogen (secondary N) is 3. The number of aliphatic carboxylic acids is 1. The number of likely N-dealkylation sites (tertiary alicyclic amines) is 1. The van der Waals surface area contributed by atoms with E-state index in [1.807, 2.05) is 30.3 Å². The number of methoxy groups -OCH3 is 4. The molecule has 2 atom stereocenters. The topological polar surface area (TPSA) is 243 Å². The molecule has 4 N–H and O–H groups in total. The average molecular weight is 947 g/mol. The third-order valence-corrected chi connectivity index (χ3v) is 11.5. The van der Waals surface area contributed by atoms with Crippen molar-refractivity contribution in [2.75, 3.05) is 54.6 Å². The summed E-state index contributed by atoms with van der Waals surface area (Å²) in [6.45, 7) is 6.25. The monoisotopic (exact) mass is 946 g/mol. The summed E-state index contributed by atoms with van der Waals surface area (Å²) in [4.78, 5) is 57.9. The number of carbonyl (C=O) groups is 4. The summed E-state index contributed by atoms with van der Waals surface area (Å²) in [7, 11) is 6.38. The highest BCUT2D eigenvalue weighted by Crippen LogP contribution is 2.34. The fourth-order valence-electron chi connectivity index (χ4n) is 7.54. The molecule has 19 heteroatoms. The van der Waals surface area contributed by atoms with Gasteiger partial charge in [0, 0.05) is 47.2 Å². The van der Waals surface area contributed by atoms with Crippen molar-refractivity contribution in [2.24, 2.45) is 0 Å². The third kappa shape index (κ3) is 13.7. The van der Waals surface area contributed by atoms with Crippen LogP contribution < -0.4 is 34.9 Å². The van der Waals surface area contributed by atoms with Gasteiger partial charge in [0.05, 0.1) is 28.4 Å². The molecule has 0 radical (unpaired) electrons. The number of carbonyl (C=O) groups excluding carboxylic acids is 3. The number of carboxylic acids is 1. The van der Waals surface area contributed by atoms with E-state index in [0.717, 1.165) is 42.9 Å². The lowest BCUT2D eigenvalue weighted by molar-refractivity contribution is -0.138. The van der Waals surface area contributed by atoms with Crippen LogP contribution in [0.1, 0.15) is 83.9 Å². The minimum absolute atomic E-state index is 0.0691. The van der Waals surface area contributed by atoms with Crippen molar-refractivity contribution in [1.82, 2.24) is 41.1 Å². The van der Waals surface area contributed by atoms with Crippen LogP contribution >= 0.6 is 0 Å². The molecule has 2 aliphatic rings. The number of hydrogen-bond donors (Lipinski definition) is 4. The van der Waals surface area contributed by atoms with Gasteiger partial charge in [0.25, 0.3) is 11.8 Å². The van der Waals surface area contributed by atoms with Gasteiger partial charge in [0.15, 0.2) is 23.0 Å². The molecule has 2 saturated heterocycles. The number of ether oxygens (including phenoxy) is 4. The number of benzene rings is 4. The maximum atomic E-state index is 12.8. The molecular formula is C50H58N8O11. The average Bonchev–Trinajstić information content (AvgIpc) is 4.11. The zero-order valence-electron chi connectivity index (χ0n) is 39.5. The van der Waals surface area contributed by atoms with E-state index >= 15 is 0 Å². The van der Waals surface area contributed by atoms with E-state index in [1.165, 1.54) is 6.92 Å². The van der Waals surface area contributed by atoms with Gasteiger partial charge in [-0.1, -0.05) is 46.7 Å². The standard InChI is InChI=1S/C25H28N4O5.C15H19N3O3.C10H11NO3/c1-16(26-23(30)17-7-5-4-6-8-17)25(31)29-13-11-18(12-14-29)24-27-22(28-34-24)19-9-10-20(32-2)21(15-19)33-3;1-19-12-4-3-11(9-13(12)20-2)14-17-15(21-18-14)10-5-7-16-8-6-10;1-7(10(13)14)11-9(12)8-5-3-2-4-6-8/h4-10,15-16,18H,11-14H2,1-3H3,(H,26,30);3-4,9-10,16H,5-8H2,1-2H3;2-7H,1H3,(H,11,12)(H,13,14). The molecule has 19 nitrogen and oxygen atoms in total. The molecule has 8 rings (SSSR count). The number of piperidine rings is 2. The van der Waals surface area contributed by atoms with Crippen molar-refractivity contribution in [3.8, 4) is 45.8 Å².